The minimum atomic E-state index is -0.829. The third-order valence-corrected chi connectivity index (χ3v) is 7.75. The van der Waals surface area contributed by atoms with Crippen LogP contribution in [0.3, 0.4) is 0 Å². The highest BCUT2D eigenvalue weighted by Crippen LogP contribution is 2.36. The lowest BCUT2D eigenvalue weighted by atomic mass is 9.82. The molecule has 1 aliphatic carbocycles. The van der Waals surface area contributed by atoms with E-state index in [4.69, 9.17) is 0 Å². The van der Waals surface area contributed by atoms with E-state index in [2.05, 4.69) is 11.4 Å². The number of rotatable bonds is 5. The van der Waals surface area contributed by atoms with Gasteiger partial charge in [-0.05, 0) is 49.1 Å². The Bertz CT molecular complexity index is 901. The van der Waals surface area contributed by atoms with E-state index in [1.54, 1.807) is 7.05 Å². The van der Waals surface area contributed by atoms with Crippen LogP contribution in [0, 0.1) is 0 Å². The van der Waals surface area contributed by atoms with Crippen molar-refractivity contribution in [3.05, 3.63) is 34.7 Å². The highest BCUT2D eigenvalue weighted by atomic mass is 32.1. The van der Waals surface area contributed by atoms with Gasteiger partial charge >= 0.3 is 0 Å². The van der Waals surface area contributed by atoms with Crippen LogP contribution in [0.25, 0.3) is 10.1 Å². The van der Waals surface area contributed by atoms with Crippen molar-refractivity contribution < 1.29 is 14.7 Å². The third-order valence-electron chi connectivity index (χ3n) is 6.53. The SMILES string of the molecule is CNC(=O)c1sc2ccccc2c1C[C@@H]1CCCN1C(=O)CC1(O)CCCCC1. The minimum absolute atomic E-state index is 0.0615. The van der Waals surface area contributed by atoms with Crippen LogP contribution < -0.4 is 5.32 Å². The fourth-order valence-electron chi connectivity index (χ4n) is 4.98. The summed E-state index contributed by atoms with van der Waals surface area (Å²) in [5.41, 5.74) is 0.219. The largest absolute Gasteiger partial charge is 0.389 e. The maximum absolute atomic E-state index is 13.1. The Balaban J connectivity index is 1.56. The zero-order valence-corrected chi connectivity index (χ0v) is 17.9. The van der Waals surface area contributed by atoms with Crippen LogP contribution in [0.4, 0.5) is 0 Å². The normalized spacial score (nSPS) is 21.4. The van der Waals surface area contributed by atoms with Crippen molar-refractivity contribution in [1.82, 2.24) is 10.2 Å². The van der Waals surface area contributed by atoms with Crippen LogP contribution >= 0.6 is 11.3 Å². The van der Waals surface area contributed by atoms with E-state index in [-0.39, 0.29) is 24.3 Å². The van der Waals surface area contributed by atoms with Crippen LogP contribution in [0.1, 0.15) is 66.6 Å². The van der Waals surface area contributed by atoms with Crippen LogP contribution in [0.2, 0.25) is 0 Å². The van der Waals surface area contributed by atoms with Crippen LogP contribution in [-0.4, -0.2) is 47.1 Å². The molecule has 2 amide bonds. The Labute approximate surface area is 176 Å². The molecular formula is C23H30N2O3S. The Morgan fingerprint density at radius 1 is 1.21 bits per heavy atom. The first-order valence-electron chi connectivity index (χ1n) is 10.7. The molecular weight excluding hydrogens is 384 g/mol. The Morgan fingerprint density at radius 3 is 2.72 bits per heavy atom. The molecule has 0 radical (unpaired) electrons. The highest BCUT2D eigenvalue weighted by Gasteiger charge is 2.37. The average molecular weight is 415 g/mol. The fraction of sp³-hybridized carbons (Fsp3) is 0.565. The number of thiophene rings is 1. The molecule has 5 nitrogen and oxygen atoms in total. The van der Waals surface area contributed by atoms with Crippen molar-refractivity contribution in [2.24, 2.45) is 0 Å². The molecule has 4 rings (SSSR count). The Kier molecular flexibility index (Phi) is 5.93. The number of amides is 2. The second-order valence-corrected chi connectivity index (χ2v) is 9.59. The van der Waals surface area contributed by atoms with E-state index < -0.39 is 5.60 Å². The first-order chi connectivity index (χ1) is 14.0. The predicted octanol–water partition coefficient (Wildman–Crippen LogP) is 3.88. The van der Waals surface area contributed by atoms with Gasteiger partial charge < -0.3 is 15.3 Å². The molecule has 2 aliphatic rings. The van der Waals surface area contributed by atoms with Gasteiger partial charge in [-0.25, -0.2) is 0 Å². The number of carbonyl (C=O) groups is 2. The third kappa shape index (κ3) is 4.19. The van der Waals surface area contributed by atoms with E-state index in [0.29, 0.717) is 6.42 Å². The number of hydrogen-bond acceptors (Lipinski definition) is 4. The topological polar surface area (TPSA) is 69.6 Å². The molecule has 1 aromatic carbocycles. The van der Waals surface area contributed by atoms with Crippen LogP contribution in [0.5, 0.6) is 0 Å². The van der Waals surface area contributed by atoms with Gasteiger partial charge in [0.1, 0.15) is 0 Å². The lowest BCUT2D eigenvalue weighted by molar-refractivity contribution is -0.138. The Morgan fingerprint density at radius 2 is 1.97 bits per heavy atom. The quantitative estimate of drug-likeness (QED) is 0.780. The smallest absolute Gasteiger partial charge is 0.261 e. The lowest BCUT2D eigenvalue weighted by Crippen LogP contribution is -2.43. The standard InChI is InChI=1S/C23H30N2O3S/c1-24-22(27)21-18(17-9-3-4-10-19(17)29-21)14-16-8-7-13-25(16)20(26)15-23(28)11-5-2-6-12-23/h3-4,9-10,16,28H,2,5-8,11-15H2,1H3,(H,24,27)/t16-/m0/s1. The summed E-state index contributed by atoms with van der Waals surface area (Å²) >= 11 is 1.52. The van der Waals surface area contributed by atoms with Gasteiger partial charge in [-0.15, -0.1) is 11.3 Å². The van der Waals surface area contributed by atoms with Crippen LogP contribution in [-0.2, 0) is 11.2 Å². The van der Waals surface area contributed by atoms with Crippen LogP contribution in [0.15, 0.2) is 24.3 Å². The second kappa shape index (κ2) is 8.44. The first kappa shape index (κ1) is 20.4. The molecule has 1 saturated heterocycles. The van der Waals surface area contributed by atoms with Gasteiger partial charge in [0.2, 0.25) is 5.91 Å². The summed E-state index contributed by atoms with van der Waals surface area (Å²) in [6.07, 6.45) is 7.46. The number of benzene rings is 1. The number of likely N-dealkylation sites (tertiary alicyclic amines) is 1. The van der Waals surface area contributed by atoms with E-state index in [1.807, 2.05) is 23.1 Å². The molecule has 29 heavy (non-hydrogen) atoms. The molecule has 2 aromatic rings. The number of carbonyl (C=O) groups excluding carboxylic acids is 2. The number of nitrogens with zero attached hydrogens (tertiary/aromatic N) is 1. The number of nitrogens with one attached hydrogen (secondary N) is 1. The highest BCUT2D eigenvalue weighted by molar-refractivity contribution is 7.21. The maximum atomic E-state index is 13.1. The number of aliphatic hydroxyl groups is 1. The molecule has 0 unspecified atom stereocenters. The van der Waals surface area contributed by atoms with Crippen molar-refractivity contribution in [2.45, 2.75) is 69.4 Å². The molecule has 1 aliphatic heterocycles. The van der Waals surface area contributed by atoms with Crippen molar-refractivity contribution in [3.63, 3.8) is 0 Å². The molecule has 156 valence electrons. The van der Waals surface area contributed by atoms with Crippen molar-refractivity contribution in [3.8, 4) is 0 Å². The molecule has 1 atom stereocenters. The summed E-state index contributed by atoms with van der Waals surface area (Å²) in [6.45, 7) is 0.747. The van der Waals surface area contributed by atoms with E-state index in [9.17, 15) is 14.7 Å². The van der Waals surface area contributed by atoms with Crippen molar-refractivity contribution in [1.29, 1.82) is 0 Å². The molecule has 0 bridgehead atoms. The number of hydrogen-bond donors (Lipinski definition) is 2. The van der Waals surface area contributed by atoms with Crippen molar-refractivity contribution in [2.75, 3.05) is 13.6 Å². The summed E-state index contributed by atoms with van der Waals surface area (Å²) in [6, 6.07) is 8.21. The Hall–Kier alpha value is -1.92. The summed E-state index contributed by atoms with van der Waals surface area (Å²) in [5, 5.41) is 14.7. The van der Waals surface area contributed by atoms with Gasteiger partial charge in [-0.2, -0.15) is 0 Å². The summed E-state index contributed by atoms with van der Waals surface area (Å²) in [7, 11) is 1.66. The minimum Gasteiger partial charge on any atom is -0.389 e. The van der Waals surface area contributed by atoms with Gasteiger partial charge in [-0.3, -0.25) is 9.59 Å². The van der Waals surface area contributed by atoms with Gasteiger partial charge in [0.05, 0.1) is 16.9 Å². The second-order valence-electron chi connectivity index (χ2n) is 8.53. The molecule has 2 heterocycles. The van der Waals surface area contributed by atoms with Gasteiger partial charge in [0.25, 0.3) is 5.91 Å². The maximum Gasteiger partial charge on any atom is 0.261 e. The van der Waals surface area contributed by atoms with Crippen molar-refractivity contribution >= 4 is 33.2 Å². The molecule has 0 spiro atoms. The molecule has 6 heteroatoms. The summed E-state index contributed by atoms with van der Waals surface area (Å²) in [5.74, 6) is 0.00604. The average Bonchev–Trinajstić information content (AvgIpc) is 3.33. The number of fused-ring (bicyclic) bond motifs is 1. The van der Waals surface area contributed by atoms with E-state index in [0.717, 1.165) is 72.0 Å². The molecule has 2 N–H and O–H groups in total. The van der Waals surface area contributed by atoms with Gasteiger partial charge in [0, 0.05) is 24.3 Å². The molecule has 1 aromatic heterocycles. The monoisotopic (exact) mass is 414 g/mol. The van der Waals surface area contributed by atoms with Gasteiger partial charge in [-0.1, -0.05) is 37.5 Å². The zero-order valence-electron chi connectivity index (χ0n) is 17.1. The summed E-state index contributed by atoms with van der Waals surface area (Å²) in [4.78, 5) is 28.3. The zero-order chi connectivity index (χ0) is 20.4. The summed E-state index contributed by atoms with van der Waals surface area (Å²) < 4.78 is 1.11. The fourth-order valence-corrected chi connectivity index (χ4v) is 6.16. The van der Waals surface area contributed by atoms with Gasteiger partial charge in [0.15, 0.2) is 0 Å². The predicted molar refractivity (Wildman–Crippen MR) is 116 cm³/mol. The van der Waals surface area contributed by atoms with E-state index in [1.165, 1.54) is 11.3 Å². The lowest BCUT2D eigenvalue weighted by Gasteiger charge is -2.34. The molecule has 2 fully saturated rings. The van der Waals surface area contributed by atoms with E-state index >= 15 is 0 Å². The molecule has 1 saturated carbocycles. The first-order valence-corrected chi connectivity index (χ1v) is 11.6.